The summed E-state index contributed by atoms with van der Waals surface area (Å²) in [5, 5.41) is 22.8. The van der Waals surface area contributed by atoms with Gasteiger partial charge in [0.25, 0.3) is 0 Å². The zero-order valence-corrected chi connectivity index (χ0v) is 28.8. The average molecular weight is 670 g/mol. The van der Waals surface area contributed by atoms with Crippen LogP contribution >= 0.6 is 0 Å². The van der Waals surface area contributed by atoms with Gasteiger partial charge in [0.1, 0.15) is 0 Å². The summed E-state index contributed by atoms with van der Waals surface area (Å²) in [6, 6.07) is 70.2. The second-order valence-electron chi connectivity index (χ2n) is 14.4. The third kappa shape index (κ3) is 4.02. The molecule has 1 nitrogen and oxygen atoms in total. The van der Waals surface area contributed by atoms with Crippen LogP contribution in [-0.2, 0) is 0 Å². The van der Waals surface area contributed by atoms with E-state index < -0.39 is 0 Å². The lowest BCUT2D eigenvalue weighted by atomic mass is 9.87. The van der Waals surface area contributed by atoms with E-state index in [0.29, 0.717) is 0 Å². The molecule has 0 spiro atoms. The molecule has 0 aliphatic carbocycles. The summed E-state index contributed by atoms with van der Waals surface area (Å²) >= 11 is 0. The molecule has 0 radical (unpaired) electrons. The van der Waals surface area contributed by atoms with Crippen molar-refractivity contribution in [2.75, 3.05) is 4.90 Å². The van der Waals surface area contributed by atoms with E-state index in [1.54, 1.807) is 0 Å². The van der Waals surface area contributed by atoms with Crippen LogP contribution in [0.4, 0.5) is 17.1 Å². The molecule has 12 rings (SSSR count). The first-order valence-electron chi connectivity index (χ1n) is 18.4. The van der Waals surface area contributed by atoms with Gasteiger partial charge in [0, 0.05) is 21.8 Å². The summed E-state index contributed by atoms with van der Waals surface area (Å²) in [5.74, 6) is 0. The minimum atomic E-state index is 1.13. The topological polar surface area (TPSA) is 3.24 Å². The van der Waals surface area contributed by atoms with E-state index >= 15 is 0 Å². The molecule has 0 aliphatic heterocycles. The Balaban J connectivity index is 1.31. The van der Waals surface area contributed by atoms with E-state index in [1.165, 1.54) is 108 Å². The van der Waals surface area contributed by atoms with E-state index in [2.05, 4.69) is 193 Å². The van der Waals surface area contributed by atoms with Crippen molar-refractivity contribution in [3.05, 3.63) is 188 Å². The smallest absolute Gasteiger partial charge is 0.0546 e. The second-order valence-corrected chi connectivity index (χ2v) is 14.4. The van der Waals surface area contributed by atoms with Crippen molar-refractivity contribution in [2.24, 2.45) is 0 Å². The number of hydrogen-bond donors (Lipinski definition) is 0. The van der Waals surface area contributed by atoms with Crippen molar-refractivity contribution in [3.63, 3.8) is 0 Å². The fraction of sp³-hybridized carbons (Fsp3) is 0. The van der Waals surface area contributed by atoms with Gasteiger partial charge in [-0.2, -0.15) is 0 Å². The number of anilines is 3. The first-order chi connectivity index (χ1) is 26.3. The summed E-state index contributed by atoms with van der Waals surface area (Å²) < 4.78 is 0. The predicted molar refractivity (Wildman–Crippen MR) is 230 cm³/mol. The highest BCUT2D eigenvalue weighted by Gasteiger charge is 2.23. The first kappa shape index (κ1) is 28.7. The Labute approximate surface area is 305 Å². The zero-order valence-electron chi connectivity index (χ0n) is 28.8. The molecule has 0 fully saturated rings. The highest BCUT2D eigenvalue weighted by molar-refractivity contribution is 6.38. The van der Waals surface area contributed by atoms with Crippen molar-refractivity contribution in [1.29, 1.82) is 0 Å². The van der Waals surface area contributed by atoms with Crippen LogP contribution < -0.4 is 4.90 Å². The van der Waals surface area contributed by atoms with Crippen molar-refractivity contribution < 1.29 is 0 Å². The Morgan fingerprint density at radius 1 is 0.226 bits per heavy atom. The van der Waals surface area contributed by atoms with Gasteiger partial charge >= 0.3 is 0 Å². The molecule has 0 saturated carbocycles. The molecule has 12 aromatic carbocycles. The van der Waals surface area contributed by atoms with Crippen LogP contribution in [0.25, 0.3) is 97.0 Å². The van der Waals surface area contributed by atoms with Crippen molar-refractivity contribution in [3.8, 4) is 0 Å². The van der Waals surface area contributed by atoms with Crippen LogP contribution in [0.1, 0.15) is 0 Å². The predicted octanol–water partition coefficient (Wildman–Crippen LogP) is 15.0. The normalized spacial score (nSPS) is 12.2. The van der Waals surface area contributed by atoms with Crippen LogP contribution in [0.2, 0.25) is 0 Å². The Morgan fingerprint density at radius 3 is 1.38 bits per heavy atom. The van der Waals surface area contributed by atoms with Crippen molar-refractivity contribution in [2.45, 2.75) is 0 Å². The Morgan fingerprint density at radius 2 is 0.660 bits per heavy atom. The van der Waals surface area contributed by atoms with Crippen LogP contribution in [0.3, 0.4) is 0 Å². The summed E-state index contributed by atoms with van der Waals surface area (Å²) in [6.45, 7) is 0. The zero-order chi connectivity index (χ0) is 34.6. The second kappa shape index (κ2) is 10.8. The number of hydrogen-bond acceptors (Lipinski definition) is 1. The Bertz CT molecular complexity index is 3460. The van der Waals surface area contributed by atoms with Crippen LogP contribution in [0.5, 0.6) is 0 Å². The molecule has 0 N–H and O–H groups in total. The monoisotopic (exact) mass is 669 g/mol. The maximum atomic E-state index is 2.53. The molecule has 12 aromatic rings. The summed E-state index contributed by atoms with van der Waals surface area (Å²) in [7, 11) is 0. The highest BCUT2D eigenvalue weighted by Crippen LogP contribution is 2.50. The van der Waals surface area contributed by atoms with Gasteiger partial charge in [-0.3, -0.25) is 0 Å². The minimum absolute atomic E-state index is 1.13. The molecule has 0 saturated heterocycles. The lowest BCUT2D eigenvalue weighted by Crippen LogP contribution is -2.11. The van der Waals surface area contributed by atoms with E-state index in [0.717, 1.165) is 5.69 Å². The Hall–Kier alpha value is -6.96. The number of benzene rings is 11. The molecule has 1 heteroatoms. The van der Waals surface area contributed by atoms with Gasteiger partial charge in [0.15, 0.2) is 0 Å². The quantitative estimate of drug-likeness (QED) is 0.169. The standard InChI is InChI=1S/C52H31N/c1-2-12-35-29-38(28-27-32(35)11-1)53(47-30-36-13-3-4-17-39(36)40-18-5-6-19-41(40)47)48-31-37-16-9-22-43-42-20-7-14-33-25-26-34-15-8-21-44(50(34)49(33)42)45-23-10-24-46(48)52(45)51(37)43/h1-31H. The fourth-order valence-electron chi connectivity index (χ4n) is 9.41. The number of fused-ring (bicyclic) bond motifs is 6. The van der Waals surface area contributed by atoms with Crippen LogP contribution in [0.15, 0.2) is 188 Å². The SMILES string of the molecule is c1ccc2cc(N(c3cc4ccccc4c4ccccc34)c3cc4cccc5c6cccc7ccc8cccc(c9cccc3c9c45)c8c76)ccc2c1. The van der Waals surface area contributed by atoms with Gasteiger partial charge < -0.3 is 4.90 Å². The minimum Gasteiger partial charge on any atom is -0.309 e. The van der Waals surface area contributed by atoms with E-state index in [4.69, 9.17) is 0 Å². The third-order valence-corrected chi connectivity index (χ3v) is 11.7. The molecule has 0 heterocycles. The fourth-order valence-corrected chi connectivity index (χ4v) is 9.41. The van der Waals surface area contributed by atoms with E-state index in [9.17, 15) is 0 Å². The third-order valence-electron chi connectivity index (χ3n) is 11.7. The number of rotatable bonds is 3. The summed E-state index contributed by atoms with van der Waals surface area (Å²) in [5.41, 5.74) is 3.47. The maximum absolute atomic E-state index is 2.53. The molecular formula is C52H31N. The first-order valence-corrected chi connectivity index (χ1v) is 18.4. The van der Waals surface area contributed by atoms with E-state index in [-0.39, 0.29) is 0 Å². The Kier molecular flexibility index (Phi) is 5.84. The van der Waals surface area contributed by atoms with Gasteiger partial charge in [-0.25, -0.2) is 0 Å². The van der Waals surface area contributed by atoms with Crippen molar-refractivity contribution >= 4 is 114 Å². The molecule has 244 valence electrons. The lowest BCUT2D eigenvalue weighted by molar-refractivity contribution is 1.33. The van der Waals surface area contributed by atoms with Gasteiger partial charge in [-0.1, -0.05) is 164 Å². The molecule has 0 unspecified atom stereocenters. The lowest BCUT2D eigenvalue weighted by Gasteiger charge is -2.30. The van der Waals surface area contributed by atoms with Gasteiger partial charge in [-0.15, -0.1) is 0 Å². The van der Waals surface area contributed by atoms with Crippen LogP contribution in [0, 0.1) is 0 Å². The summed E-state index contributed by atoms with van der Waals surface area (Å²) in [6.07, 6.45) is 0. The highest BCUT2D eigenvalue weighted by atomic mass is 15.1. The van der Waals surface area contributed by atoms with Gasteiger partial charge in [0.2, 0.25) is 0 Å². The molecule has 0 atom stereocenters. The van der Waals surface area contributed by atoms with E-state index in [1.807, 2.05) is 0 Å². The summed E-state index contributed by atoms with van der Waals surface area (Å²) in [4.78, 5) is 2.53. The van der Waals surface area contributed by atoms with Gasteiger partial charge in [-0.05, 0) is 105 Å². The largest absolute Gasteiger partial charge is 0.309 e. The van der Waals surface area contributed by atoms with Crippen LogP contribution in [-0.4, -0.2) is 0 Å². The molecule has 0 amide bonds. The molecule has 0 aliphatic rings. The molecular weight excluding hydrogens is 639 g/mol. The van der Waals surface area contributed by atoms with Gasteiger partial charge in [0.05, 0.1) is 11.4 Å². The average Bonchev–Trinajstić information content (AvgIpc) is 3.22. The molecule has 0 aromatic heterocycles. The van der Waals surface area contributed by atoms with Crippen molar-refractivity contribution in [1.82, 2.24) is 0 Å². The maximum Gasteiger partial charge on any atom is 0.0546 e. The molecule has 53 heavy (non-hydrogen) atoms. The number of nitrogens with zero attached hydrogens (tertiary/aromatic N) is 1. The molecule has 0 bridgehead atoms.